The minimum Gasteiger partial charge on any atom is -0.337 e. The van der Waals surface area contributed by atoms with Gasteiger partial charge in [-0.15, -0.1) is 0 Å². The van der Waals surface area contributed by atoms with Gasteiger partial charge in [0.25, 0.3) is 11.6 Å². The van der Waals surface area contributed by atoms with Crippen LogP contribution in [0.1, 0.15) is 28.5 Å². The summed E-state index contributed by atoms with van der Waals surface area (Å²) < 4.78 is 1.92. The second-order valence-corrected chi connectivity index (χ2v) is 6.53. The van der Waals surface area contributed by atoms with E-state index >= 15 is 0 Å². The Kier molecular flexibility index (Phi) is 4.70. The molecule has 3 aromatic rings. The van der Waals surface area contributed by atoms with Crippen molar-refractivity contribution in [2.75, 3.05) is 5.32 Å². The highest BCUT2D eigenvalue weighted by atomic mass is 35.5. The fraction of sp³-hybridized carbons (Fsp3) is 0.211. The smallest absolute Gasteiger partial charge is 0.272 e. The van der Waals surface area contributed by atoms with Crippen LogP contribution in [-0.2, 0) is 6.54 Å². The van der Waals surface area contributed by atoms with Crippen LogP contribution in [0.15, 0.2) is 36.4 Å². The van der Waals surface area contributed by atoms with Gasteiger partial charge in [0, 0.05) is 34.6 Å². The SMILES string of the molecule is CCn1c(C(=O)Nc2cc([N+](=O)[O-])ccc2C)c(C)c2cc(Cl)ccc21. The fourth-order valence-corrected chi connectivity index (χ4v) is 3.33. The average molecular weight is 372 g/mol. The number of rotatable bonds is 4. The Morgan fingerprint density at radius 2 is 1.96 bits per heavy atom. The molecule has 0 radical (unpaired) electrons. The van der Waals surface area contributed by atoms with Crippen molar-refractivity contribution in [2.24, 2.45) is 0 Å². The van der Waals surface area contributed by atoms with Gasteiger partial charge in [-0.3, -0.25) is 14.9 Å². The molecule has 0 spiro atoms. The van der Waals surface area contributed by atoms with Crippen LogP contribution in [0.3, 0.4) is 0 Å². The van der Waals surface area contributed by atoms with Gasteiger partial charge in [-0.2, -0.15) is 0 Å². The van der Waals surface area contributed by atoms with Crippen LogP contribution >= 0.6 is 11.6 Å². The first-order chi connectivity index (χ1) is 12.3. The maximum Gasteiger partial charge on any atom is 0.272 e. The predicted molar refractivity (Wildman–Crippen MR) is 103 cm³/mol. The summed E-state index contributed by atoms with van der Waals surface area (Å²) in [6.07, 6.45) is 0. The summed E-state index contributed by atoms with van der Waals surface area (Å²) in [6.45, 7) is 6.24. The molecule has 2 aromatic carbocycles. The summed E-state index contributed by atoms with van der Waals surface area (Å²) in [6, 6.07) is 9.94. The second-order valence-electron chi connectivity index (χ2n) is 6.09. The first-order valence-electron chi connectivity index (χ1n) is 8.18. The summed E-state index contributed by atoms with van der Waals surface area (Å²) in [5.41, 5.74) is 3.39. The number of halogens is 1. The largest absolute Gasteiger partial charge is 0.337 e. The molecular weight excluding hydrogens is 354 g/mol. The van der Waals surface area contributed by atoms with Crippen LogP contribution < -0.4 is 5.32 Å². The van der Waals surface area contributed by atoms with E-state index < -0.39 is 4.92 Å². The number of anilines is 1. The maximum absolute atomic E-state index is 13.0. The van der Waals surface area contributed by atoms with Gasteiger partial charge < -0.3 is 9.88 Å². The van der Waals surface area contributed by atoms with E-state index in [0.717, 1.165) is 22.0 Å². The van der Waals surface area contributed by atoms with Crippen molar-refractivity contribution in [3.63, 3.8) is 0 Å². The predicted octanol–water partition coefficient (Wildman–Crippen LogP) is 5.09. The molecule has 134 valence electrons. The van der Waals surface area contributed by atoms with E-state index in [4.69, 9.17) is 11.6 Å². The number of hydrogen-bond acceptors (Lipinski definition) is 3. The van der Waals surface area contributed by atoms with Gasteiger partial charge >= 0.3 is 0 Å². The molecule has 0 atom stereocenters. The molecule has 0 unspecified atom stereocenters. The van der Waals surface area contributed by atoms with E-state index in [2.05, 4.69) is 5.32 Å². The van der Waals surface area contributed by atoms with Crippen molar-refractivity contribution < 1.29 is 9.72 Å². The van der Waals surface area contributed by atoms with Gasteiger partial charge in [0.05, 0.1) is 10.6 Å². The highest BCUT2D eigenvalue weighted by molar-refractivity contribution is 6.31. The number of nitro benzene ring substituents is 1. The van der Waals surface area contributed by atoms with Crippen molar-refractivity contribution in [1.82, 2.24) is 4.57 Å². The number of non-ortho nitro benzene ring substituents is 1. The molecule has 0 aliphatic heterocycles. The molecule has 3 rings (SSSR count). The zero-order valence-corrected chi connectivity index (χ0v) is 15.4. The van der Waals surface area contributed by atoms with E-state index in [1.165, 1.54) is 12.1 Å². The lowest BCUT2D eigenvalue weighted by atomic mass is 10.1. The van der Waals surface area contributed by atoms with E-state index in [9.17, 15) is 14.9 Å². The first kappa shape index (κ1) is 17.9. The highest BCUT2D eigenvalue weighted by Crippen LogP contribution is 2.30. The van der Waals surface area contributed by atoms with Crippen LogP contribution in [0, 0.1) is 24.0 Å². The molecule has 0 aliphatic rings. The fourth-order valence-electron chi connectivity index (χ4n) is 3.16. The lowest BCUT2D eigenvalue weighted by molar-refractivity contribution is -0.384. The van der Waals surface area contributed by atoms with E-state index in [1.807, 2.05) is 30.5 Å². The van der Waals surface area contributed by atoms with E-state index in [0.29, 0.717) is 22.9 Å². The van der Waals surface area contributed by atoms with Crippen LogP contribution in [-0.4, -0.2) is 15.4 Å². The molecule has 26 heavy (non-hydrogen) atoms. The Labute approximate surface area is 155 Å². The van der Waals surface area contributed by atoms with Crippen LogP contribution in [0.2, 0.25) is 5.02 Å². The minimum atomic E-state index is -0.481. The number of amides is 1. The zero-order chi connectivity index (χ0) is 19.0. The molecule has 1 amide bonds. The van der Waals surface area contributed by atoms with Crippen molar-refractivity contribution in [3.05, 3.63) is 68.4 Å². The monoisotopic (exact) mass is 371 g/mol. The molecule has 0 aliphatic carbocycles. The standard InChI is InChI=1S/C19H18ClN3O3/c1-4-22-17-8-6-13(20)9-15(17)12(3)18(22)19(24)21-16-10-14(23(25)26)7-5-11(16)2/h5-10H,4H2,1-3H3,(H,21,24). The lowest BCUT2D eigenvalue weighted by Gasteiger charge is -2.11. The number of nitro groups is 1. The maximum atomic E-state index is 13.0. The van der Waals surface area contributed by atoms with Gasteiger partial charge in [-0.25, -0.2) is 0 Å². The van der Waals surface area contributed by atoms with Gasteiger partial charge in [0.1, 0.15) is 5.69 Å². The Balaban J connectivity index is 2.07. The molecular formula is C19H18ClN3O3. The molecule has 7 heteroatoms. The molecule has 1 aromatic heterocycles. The van der Waals surface area contributed by atoms with E-state index in [1.54, 1.807) is 19.1 Å². The molecule has 0 saturated carbocycles. The third-order valence-electron chi connectivity index (χ3n) is 4.49. The summed E-state index contributed by atoms with van der Waals surface area (Å²) >= 11 is 6.10. The Hall–Kier alpha value is -2.86. The zero-order valence-electron chi connectivity index (χ0n) is 14.7. The number of carbonyl (C=O) groups is 1. The molecule has 6 nitrogen and oxygen atoms in total. The topological polar surface area (TPSA) is 77.2 Å². The van der Waals surface area contributed by atoms with Crippen molar-refractivity contribution in [3.8, 4) is 0 Å². The van der Waals surface area contributed by atoms with Crippen LogP contribution in [0.25, 0.3) is 10.9 Å². The Bertz CT molecular complexity index is 1040. The number of benzene rings is 2. The van der Waals surface area contributed by atoms with Crippen LogP contribution in [0.5, 0.6) is 0 Å². The number of fused-ring (bicyclic) bond motifs is 1. The third kappa shape index (κ3) is 3.04. The van der Waals surface area contributed by atoms with Crippen molar-refractivity contribution in [2.45, 2.75) is 27.3 Å². The lowest BCUT2D eigenvalue weighted by Crippen LogP contribution is -2.18. The number of hydrogen-bond donors (Lipinski definition) is 1. The summed E-state index contributed by atoms with van der Waals surface area (Å²) in [7, 11) is 0. The molecule has 0 fully saturated rings. The highest BCUT2D eigenvalue weighted by Gasteiger charge is 2.21. The molecule has 0 saturated heterocycles. The van der Waals surface area contributed by atoms with Crippen molar-refractivity contribution in [1.29, 1.82) is 0 Å². The summed E-state index contributed by atoms with van der Waals surface area (Å²) in [5, 5.41) is 15.3. The number of nitrogens with zero attached hydrogens (tertiary/aromatic N) is 2. The second kappa shape index (κ2) is 6.80. The minimum absolute atomic E-state index is 0.0644. The number of nitrogens with one attached hydrogen (secondary N) is 1. The van der Waals surface area contributed by atoms with Gasteiger partial charge in [0.2, 0.25) is 0 Å². The molecule has 1 heterocycles. The summed E-state index contributed by atoms with van der Waals surface area (Å²) in [5.74, 6) is -0.305. The van der Waals surface area contributed by atoms with E-state index in [-0.39, 0.29) is 11.6 Å². The Morgan fingerprint density at radius 1 is 1.23 bits per heavy atom. The first-order valence-corrected chi connectivity index (χ1v) is 8.56. The number of aryl methyl sites for hydroxylation is 3. The number of aromatic nitrogens is 1. The third-order valence-corrected chi connectivity index (χ3v) is 4.73. The van der Waals surface area contributed by atoms with Gasteiger partial charge in [-0.1, -0.05) is 17.7 Å². The average Bonchev–Trinajstić information content (AvgIpc) is 2.88. The van der Waals surface area contributed by atoms with Gasteiger partial charge in [-0.05, 0) is 50.1 Å². The number of carbonyl (C=O) groups excluding carboxylic acids is 1. The quantitative estimate of drug-likeness (QED) is 0.512. The normalized spacial score (nSPS) is 10.9. The molecule has 1 N–H and O–H groups in total. The Morgan fingerprint density at radius 3 is 2.62 bits per heavy atom. The summed E-state index contributed by atoms with van der Waals surface area (Å²) in [4.78, 5) is 23.5. The van der Waals surface area contributed by atoms with Crippen LogP contribution in [0.4, 0.5) is 11.4 Å². The van der Waals surface area contributed by atoms with Crippen molar-refractivity contribution >= 4 is 39.8 Å². The van der Waals surface area contributed by atoms with Gasteiger partial charge in [0.15, 0.2) is 0 Å². The molecule has 0 bridgehead atoms.